The van der Waals surface area contributed by atoms with Gasteiger partial charge in [-0.2, -0.15) is 4.99 Å². The number of aromatic hydroxyl groups is 1. The molecule has 1 saturated heterocycles. The lowest BCUT2D eigenvalue weighted by molar-refractivity contribution is -0.121. The van der Waals surface area contributed by atoms with Crippen LogP contribution in [0.5, 0.6) is 5.75 Å². The van der Waals surface area contributed by atoms with Crippen LogP contribution in [0.25, 0.3) is 6.08 Å². The molecule has 112 valence electrons. The number of carbonyl (C=O) groups excluding carboxylic acids is 1. The summed E-state index contributed by atoms with van der Waals surface area (Å²) in [5.74, 6) is 0.0802. The van der Waals surface area contributed by atoms with Crippen LogP contribution in [-0.4, -0.2) is 38.3 Å². The highest BCUT2D eigenvalue weighted by atomic mass is 32.2. The highest BCUT2D eigenvalue weighted by molar-refractivity contribution is 8.18. The Morgan fingerprint density at radius 1 is 1.27 bits per heavy atom. The van der Waals surface area contributed by atoms with Crippen LogP contribution in [0.2, 0.25) is 0 Å². The number of aromatic nitrogens is 2. The number of thioether (sulfide) groups is 1. The number of aliphatic imine (C=N–C) groups is 1. The summed E-state index contributed by atoms with van der Waals surface area (Å²) >= 11 is 2.67. The number of nitrogens with zero attached hydrogens (tertiary/aromatic N) is 4. The number of carbonyl (C=O) groups is 1. The summed E-state index contributed by atoms with van der Waals surface area (Å²) in [5, 5.41) is 19.1. The highest BCUT2D eigenvalue weighted by Crippen LogP contribution is 2.33. The minimum Gasteiger partial charge on any atom is -0.508 e. The van der Waals surface area contributed by atoms with Crippen molar-refractivity contribution < 1.29 is 9.90 Å². The summed E-state index contributed by atoms with van der Waals surface area (Å²) in [6.45, 7) is 1.86. The van der Waals surface area contributed by atoms with Gasteiger partial charge in [-0.15, -0.1) is 10.2 Å². The molecule has 2 aromatic rings. The van der Waals surface area contributed by atoms with E-state index in [4.69, 9.17) is 0 Å². The SMILES string of the molecule is Cc1nnc(/N=C2/S/C(=C\c3ccc(O)cc3)C(=O)N2C)s1. The number of phenolic OH excluding ortho intramolecular Hbond substituents is 1. The standard InChI is InChI=1S/C14H12N4O2S2/c1-8-16-17-13(21-8)15-14-18(2)12(20)11(22-14)7-9-3-5-10(19)6-4-9/h3-7,19H,1-2H3/b11-7-,15-14+. The van der Waals surface area contributed by atoms with Crippen LogP contribution < -0.4 is 0 Å². The molecular formula is C14H12N4O2S2. The maximum atomic E-state index is 12.3. The monoisotopic (exact) mass is 332 g/mol. The number of hydrogen-bond acceptors (Lipinski definition) is 7. The van der Waals surface area contributed by atoms with Crippen molar-refractivity contribution in [3.8, 4) is 5.75 Å². The van der Waals surface area contributed by atoms with Gasteiger partial charge in [0.1, 0.15) is 10.8 Å². The molecule has 6 nitrogen and oxygen atoms in total. The molecule has 0 radical (unpaired) electrons. The van der Waals surface area contributed by atoms with E-state index < -0.39 is 0 Å². The van der Waals surface area contributed by atoms with Gasteiger partial charge >= 0.3 is 0 Å². The Morgan fingerprint density at radius 3 is 2.64 bits per heavy atom. The molecule has 1 fully saturated rings. The Balaban J connectivity index is 1.88. The van der Waals surface area contributed by atoms with Crippen LogP contribution in [0, 0.1) is 6.92 Å². The van der Waals surface area contributed by atoms with E-state index in [1.54, 1.807) is 37.4 Å². The summed E-state index contributed by atoms with van der Waals surface area (Å²) in [6.07, 6.45) is 1.77. The summed E-state index contributed by atoms with van der Waals surface area (Å²) in [5.41, 5.74) is 0.843. The van der Waals surface area contributed by atoms with E-state index in [-0.39, 0.29) is 11.7 Å². The number of benzene rings is 1. The molecule has 2 heterocycles. The van der Waals surface area contributed by atoms with E-state index in [0.29, 0.717) is 15.2 Å². The van der Waals surface area contributed by atoms with Gasteiger partial charge in [-0.05, 0) is 42.5 Å². The summed E-state index contributed by atoms with van der Waals surface area (Å²) < 4.78 is 0. The second-order valence-corrected chi connectivity index (χ2v) is 6.73. The van der Waals surface area contributed by atoms with Crippen LogP contribution in [0.15, 0.2) is 34.2 Å². The maximum absolute atomic E-state index is 12.3. The lowest BCUT2D eigenvalue weighted by Gasteiger charge is -2.05. The number of likely N-dealkylation sites (N-methyl/N-ethyl adjacent to an activating group) is 1. The molecule has 1 N–H and O–H groups in total. The second-order valence-electron chi connectivity index (χ2n) is 4.56. The fourth-order valence-electron chi connectivity index (χ4n) is 1.79. The van der Waals surface area contributed by atoms with Crippen LogP contribution in [0.1, 0.15) is 10.6 Å². The summed E-state index contributed by atoms with van der Waals surface area (Å²) in [6, 6.07) is 6.66. The first-order chi connectivity index (χ1) is 10.5. The van der Waals surface area contributed by atoms with Gasteiger partial charge in [-0.3, -0.25) is 9.69 Å². The number of phenols is 1. The quantitative estimate of drug-likeness (QED) is 0.856. The smallest absolute Gasteiger partial charge is 0.266 e. The molecule has 1 aromatic heterocycles. The fraction of sp³-hybridized carbons (Fsp3) is 0.143. The van der Waals surface area contributed by atoms with Gasteiger partial charge in [-0.25, -0.2) is 0 Å². The van der Waals surface area contributed by atoms with Crippen molar-refractivity contribution in [1.29, 1.82) is 0 Å². The molecule has 0 unspecified atom stereocenters. The predicted molar refractivity (Wildman–Crippen MR) is 88.2 cm³/mol. The average Bonchev–Trinajstić information content (AvgIpc) is 3.01. The maximum Gasteiger partial charge on any atom is 0.266 e. The zero-order chi connectivity index (χ0) is 15.7. The number of aryl methyl sites for hydroxylation is 1. The van der Waals surface area contributed by atoms with Crippen molar-refractivity contribution >= 4 is 45.4 Å². The minimum atomic E-state index is -0.113. The van der Waals surface area contributed by atoms with Crippen LogP contribution >= 0.6 is 23.1 Å². The third kappa shape index (κ3) is 3.02. The van der Waals surface area contributed by atoms with Crippen molar-refractivity contribution in [2.24, 2.45) is 4.99 Å². The molecule has 0 saturated carbocycles. The van der Waals surface area contributed by atoms with E-state index in [9.17, 15) is 9.90 Å². The Bertz CT molecular complexity index is 780. The van der Waals surface area contributed by atoms with Gasteiger partial charge in [0, 0.05) is 7.05 Å². The second kappa shape index (κ2) is 5.90. The van der Waals surface area contributed by atoms with Crippen molar-refractivity contribution in [3.05, 3.63) is 39.7 Å². The first kappa shape index (κ1) is 14.7. The molecule has 1 aromatic carbocycles. The predicted octanol–water partition coefficient (Wildman–Crippen LogP) is 2.79. The molecule has 1 aliphatic heterocycles. The van der Waals surface area contributed by atoms with E-state index in [0.717, 1.165) is 10.6 Å². The topological polar surface area (TPSA) is 78.7 Å². The molecule has 0 spiro atoms. The number of hydrogen-bond donors (Lipinski definition) is 1. The molecule has 0 aliphatic carbocycles. The molecule has 0 atom stereocenters. The first-order valence-electron chi connectivity index (χ1n) is 6.38. The van der Waals surface area contributed by atoms with Gasteiger partial charge in [0.25, 0.3) is 5.91 Å². The molecule has 1 amide bonds. The lowest BCUT2D eigenvalue weighted by atomic mass is 10.2. The Labute approximate surface area is 135 Å². The number of rotatable bonds is 2. The largest absolute Gasteiger partial charge is 0.508 e. The molecule has 8 heteroatoms. The highest BCUT2D eigenvalue weighted by Gasteiger charge is 2.30. The Morgan fingerprint density at radius 2 is 2.00 bits per heavy atom. The lowest BCUT2D eigenvalue weighted by Crippen LogP contribution is -2.23. The van der Waals surface area contributed by atoms with Crippen LogP contribution in [0.3, 0.4) is 0 Å². The zero-order valence-corrected chi connectivity index (χ0v) is 13.5. The van der Waals surface area contributed by atoms with Gasteiger partial charge < -0.3 is 5.11 Å². The minimum absolute atomic E-state index is 0.113. The molecule has 22 heavy (non-hydrogen) atoms. The first-order valence-corrected chi connectivity index (χ1v) is 8.01. The third-order valence-electron chi connectivity index (χ3n) is 2.90. The molecule has 1 aliphatic rings. The van der Waals surface area contributed by atoms with E-state index in [2.05, 4.69) is 15.2 Å². The van der Waals surface area contributed by atoms with Gasteiger partial charge in [0.05, 0.1) is 4.91 Å². The summed E-state index contributed by atoms with van der Waals surface area (Å²) in [7, 11) is 1.68. The third-order valence-corrected chi connectivity index (χ3v) is 4.69. The number of amidine groups is 1. The van der Waals surface area contributed by atoms with Crippen molar-refractivity contribution in [3.63, 3.8) is 0 Å². The van der Waals surface area contributed by atoms with Crippen molar-refractivity contribution in [2.75, 3.05) is 7.05 Å². The Hall–Kier alpha value is -2.19. The van der Waals surface area contributed by atoms with Crippen LogP contribution in [-0.2, 0) is 4.79 Å². The normalized spacial score (nSPS) is 18.6. The van der Waals surface area contributed by atoms with E-state index in [1.165, 1.54) is 28.0 Å². The van der Waals surface area contributed by atoms with Gasteiger partial charge in [0.15, 0.2) is 5.17 Å². The van der Waals surface area contributed by atoms with E-state index in [1.807, 2.05) is 6.92 Å². The van der Waals surface area contributed by atoms with Gasteiger partial charge in [0.2, 0.25) is 5.13 Å². The van der Waals surface area contributed by atoms with Crippen LogP contribution in [0.4, 0.5) is 5.13 Å². The molecule has 0 bridgehead atoms. The van der Waals surface area contributed by atoms with Crippen molar-refractivity contribution in [1.82, 2.24) is 15.1 Å². The number of amides is 1. The van der Waals surface area contributed by atoms with Gasteiger partial charge in [-0.1, -0.05) is 23.5 Å². The zero-order valence-electron chi connectivity index (χ0n) is 11.8. The fourth-order valence-corrected chi connectivity index (χ4v) is 3.37. The molecule has 3 rings (SSSR count). The Kier molecular flexibility index (Phi) is 3.95. The summed E-state index contributed by atoms with van der Waals surface area (Å²) in [4.78, 5) is 18.7. The van der Waals surface area contributed by atoms with E-state index >= 15 is 0 Å². The van der Waals surface area contributed by atoms with Crippen molar-refractivity contribution in [2.45, 2.75) is 6.92 Å². The average molecular weight is 332 g/mol. The molecular weight excluding hydrogens is 320 g/mol.